The van der Waals surface area contributed by atoms with Crippen molar-refractivity contribution in [1.29, 1.82) is 0 Å². The Balaban J connectivity index is 0.919. The smallest absolute Gasteiger partial charge is 0.0713 e. The Kier molecular flexibility index (Phi) is 9.33. The number of benzene rings is 11. The summed E-state index contributed by atoms with van der Waals surface area (Å²) in [6.07, 6.45) is 0. The van der Waals surface area contributed by atoms with Crippen molar-refractivity contribution in [1.82, 2.24) is 0 Å². The van der Waals surface area contributed by atoms with Crippen LogP contribution in [0.4, 0.5) is 17.1 Å². The van der Waals surface area contributed by atoms with E-state index >= 15 is 0 Å². The van der Waals surface area contributed by atoms with Gasteiger partial charge in [-0.2, -0.15) is 0 Å². The van der Waals surface area contributed by atoms with E-state index in [0.717, 1.165) is 17.1 Å². The molecule has 0 saturated carbocycles. The van der Waals surface area contributed by atoms with E-state index in [4.69, 9.17) is 0 Å². The van der Waals surface area contributed by atoms with Gasteiger partial charge in [0.05, 0.1) is 5.41 Å². The van der Waals surface area contributed by atoms with Gasteiger partial charge in [0.25, 0.3) is 0 Å². The number of fused-ring (bicyclic) bond motifs is 7. The van der Waals surface area contributed by atoms with Crippen LogP contribution in [0.15, 0.2) is 261 Å². The van der Waals surface area contributed by atoms with Gasteiger partial charge in [0.1, 0.15) is 0 Å². The van der Waals surface area contributed by atoms with E-state index in [2.05, 4.69) is 266 Å². The topological polar surface area (TPSA) is 3.24 Å². The molecule has 0 spiro atoms. The van der Waals surface area contributed by atoms with Crippen LogP contribution in [-0.4, -0.2) is 0 Å². The number of rotatable bonds is 8. The van der Waals surface area contributed by atoms with E-state index in [1.54, 1.807) is 0 Å². The van der Waals surface area contributed by atoms with E-state index in [1.807, 2.05) is 11.3 Å². The Morgan fingerprint density at radius 1 is 0.299 bits per heavy atom. The third-order valence-corrected chi connectivity index (χ3v) is 15.1. The van der Waals surface area contributed by atoms with Crippen LogP contribution in [0.2, 0.25) is 0 Å². The van der Waals surface area contributed by atoms with Crippen LogP contribution in [0.3, 0.4) is 0 Å². The SMILES string of the molecule is c1ccc(C2(c3ccccc3)c3ccccc3-c3c(-c4ccc(N(c5ccc(-c6cccc(-c7ccc8ccccc8c7)c6)cc5)c5ccc6sc7ccccc7c6c5)cc4)cccc32)cc1. The molecule has 0 bridgehead atoms. The summed E-state index contributed by atoms with van der Waals surface area (Å²) in [5.74, 6) is 0. The summed E-state index contributed by atoms with van der Waals surface area (Å²) < 4.78 is 2.60. The summed E-state index contributed by atoms with van der Waals surface area (Å²) in [7, 11) is 0. The average Bonchev–Trinajstić information content (AvgIpc) is 3.93. The highest BCUT2D eigenvalue weighted by atomic mass is 32.1. The zero-order chi connectivity index (χ0) is 44.3. The molecule has 67 heavy (non-hydrogen) atoms. The van der Waals surface area contributed by atoms with Gasteiger partial charge in [0.2, 0.25) is 0 Å². The van der Waals surface area contributed by atoms with Crippen molar-refractivity contribution in [2.45, 2.75) is 5.41 Å². The molecule has 0 saturated heterocycles. The van der Waals surface area contributed by atoms with E-state index in [9.17, 15) is 0 Å². The standard InChI is InChI=1S/C65H43NS/c1-3-19-51(20-4-1)65(52-21-5-2-6-22-52)60-26-11-9-24-58(60)64-56(25-14-27-61(64)65)46-33-37-54(38-34-46)66(55-39-40-63-59(43-55)57-23-10-12-28-62(57)67-63)53-35-31-45(32-36-53)48-17-13-18-49(41-48)50-30-29-44-15-7-8-16-47(44)42-50/h1-43H. The van der Waals surface area contributed by atoms with Crippen LogP contribution < -0.4 is 4.90 Å². The molecular formula is C65H43NS. The zero-order valence-corrected chi connectivity index (χ0v) is 37.5. The number of anilines is 3. The fraction of sp³-hybridized carbons (Fsp3) is 0.0154. The Morgan fingerprint density at radius 3 is 1.60 bits per heavy atom. The lowest BCUT2D eigenvalue weighted by Crippen LogP contribution is -2.28. The molecule has 1 nitrogen and oxygen atoms in total. The van der Waals surface area contributed by atoms with Crippen LogP contribution in [0.25, 0.3) is 75.5 Å². The maximum Gasteiger partial charge on any atom is 0.0713 e. The van der Waals surface area contributed by atoms with Crippen LogP contribution >= 0.6 is 11.3 Å². The molecule has 0 N–H and O–H groups in total. The highest BCUT2D eigenvalue weighted by Gasteiger charge is 2.46. The van der Waals surface area contributed by atoms with Gasteiger partial charge < -0.3 is 4.90 Å². The van der Waals surface area contributed by atoms with Gasteiger partial charge in [-0.15, -0.1) is 11.3 Å². The van der Waals surface area contributed by atoms with E-state index < -0.39 is 5.41 Å². The summed E-state index contributed by atoms with van der Waals surface area (Å²) in [6, 6.07) is 96.3. The molecule has 13 rings (SSSR count). The molecule has 11 aromatic carbocycles. The molecule has 2 heteroatoms. The summed E-state index contributed by atoms with van der Waals surface area (Å²) in [5.41, 5.74) is 17.9. The van der Waals surface area contributed by atoms with Crippen molar-refractivity contribution in [2.75, 3.05) is 4.90 Å². The molecule has 0 fully saturated rings. The molecule has 0 unspecified atom stereocenters. The lowest BCUT2D eigenvalue weighted by Gasteiger charge is -2.34. The minimum Gasteiger partial charge on any atom is -0.310 e. The predicted molar refractivity (Wildman–Crippen MR) is 285 cm³/mol. The number of nitrogens with zero attached hydrogens (tertiary/aromatic N) is 1. The summed E-state index contributed by atoms with van der Waals surface area (Å²) >= 11 is 1.86. The lowest BCUT2D eigenvalue weighted by atomic mass is 9.67. The van der Waals surface area contributed by atoms with E-state index in [1.165, 1.54) is 97.7 Å². The lowest BCUT2D eigenvalue weighted by molar-refractivity contribution is 0.768. The maximum atomic E-state index is 2.41. The minimum atomic E-state index is -0.449. The molecular weight excluding hydrogens is 827 g/mol. The average molecular weight is 870 g/mol. The Hall–Kier alpha value is -8.30. The third-order valence-electron chi connectivity index (χ3n) is 13.9. The second-order valence-corrected chi connectivity index (χ2v) is 18.7. The minimum absolute atomic E-state index is 0.449. The molecule has 1 aromatic heterocycles. The van der Waals surface area contributed by atoms with Crippen LogP contribution in [0.1, 0.15) is 22.3 Å². The van der Waals surface area contributed by atoms with Crippen LogP contribution in [-0.2, 0) is 5.41 Å². The van der Waals surface area contributed by atoms with E-state index in [0.29, 0.717) is 0 Å². The highest BCUT2D eigenvalue weighted by molar-refractivity contribution is 7.25. The molecule has 0 amide bonds. The monoisotopic (exact) mass is 869 g/mol. The fourth-order valence-electron chi connectivity index (χ4n) is 10.9. The van der Waals surface area contributed by atoms with Crippen molar-refractivity contribution >= 4 is 59.3 Å². The molecule has 1 heterocycles. The summed E-state index contributed by atoms with van der Waals surface area (Å²) in [6.45, 7) is 0. The van der Waals surface area contributed by atoms with Gasteiger partial charge >= 0.3 is 0 Å². The molecule has 0 aliphatic heterocycles. The largest absolute Gasteiger partial charge is 0.310 e. The highest BCUT2D eigenvalue weighted by Crippen LogP contribution is 2.58. The molecule has 12 aromatic rings. The van der Waals surface area contributed by atoms with Gasteiger partial charge in [0, 0.05) is 37.2 Å². The van der Waals surface area contributed by atoms with E-state index in [-0.39, 0.29) is 0 Å². The first-order valence-corrected chi connectivity index (χ1v) is 23.9. The Labute approximate surface area is 395 Å². The predicted octanol–water partition coefficient (Wildman–Crippen LogP) is 18.0. The first-order valence-electron chi connectivity index (χ1n) is 23.1. The fourth-order valence-corrected chi connectivity index (χ4v) is 12.0. The first kappa shape index (κ1) is 39.1. The van der Waals surface area contributed by atoms with Gasteiger partial charge in [-0.3, -0.25) is 0 Å². The number of hydrogen-bond donors (Lipinski definition) is 0. The van der Waals surface area contributed by atoms with Gasteiger partial charge in [-0.05, 0) is 138 Å². The van der Waals surface area contributed by atoms with Crippen LogP contribution in [0.5, 0.6) is 0 Å². The third kappa shape index (κ3) is 6.44. The molecule has 1 aliphatic rings. The quantitative estimate of drug-likeness (QED) is 0.147. The van der Waals surface area contributed by atoms with Gasteiger partial charge in [-0.25, -0.2) is 0 Å². The summed E-state index contributed by atoms with van der Waals surface area (Å²) in [5, 5.41) is 5.08. The van der Waals surface area contributed by atoms with Crippen molar-refractivity contribution in [3.63, 3.8) is 0 Å². The molecule has 0 atom stereocenters. The number of hydrogen-bond acceptors (Lipinski definition) is 2. The summed E-state index contributed by atoms with van der Waals surface area (Å²) in [4.78, 5) is 2.41. The van der Waals surface area contributed by atoms with Crippen molar-refractivity contribution in [3.05, 3.63) is 283 Å². The van der Waals surface area contributed by atoms with Crippen molar-refractivity contribution in [2.24, 2.45) is 0 Å². The second-order valence-electron chi connectivity index (χ2n) is 17.6. The normalized spacial score (nSPS) is 12.6. The van der Waals surface area contributed by atoms with Crippen LogP contribution in [0, 0.1) is 0 Å². The van der Waals surface area contributed by atoms with Crippen molar-refractivity contribution in [3.8, 4) is 44.5 Å². The van der Waals surface area contributed by atoms with Crippen molar-refractivity contribution < 1.29 is 0 Å². The second kappa shape index (κ2) is 16.0. The van der Waals surface area contributed by atoms with Gasteiger partial charge in [-0.1, -0.05) is 200 Å². The Morgan fingerprint density at radius 2 is 0.836 bits per heavy atom. The van der Waals surface area contributed by atoms with Gasteiger partial charge in [0.15, 0.2) is 0 Å². The first-order chi connectivity index (χ1) is 33.2. The molecule has 314 valence electrons. The maximum absolute atomic E-state index is 2.41. The zero-order valence-electron chi connectivity index (χ0n) is 36.7. The number of thiophene rings is 1. The molecule has 1 aliphatic carbocycles. The Bertz CT molecular complexity index is 3750. The molecule has 0 radical (unpaired) electrons.